The molecular weight excluding hydrogens is 226 g/mol. The molecule has 1 N–H and O–H groups in total. The fourth-order valence-corrected chi connectivity index (χ4v) is 3.03. The van der Waals surface area contributed by atoms with Crippen molar-refractivity contribution < 1.29 is 13.2 Å². The smallest absolute Gasteiger partial charge is 0.147 e. The standard InChI is InChI=1S/C11H23NO3S/c1-4-12-11(6-8-16(3,13)14)10-5-7-15-9(10)2/h9-12H,4-8H2,1-3H3. The van der Waals surface area contributed by atoms with Crippen molar-refractivity contribution in [3.63, 3.8) is 0 Å². The van der Waals surface area contributed by atoms with Crippen molar-refractivity contribution in [2.24, 2.45) is 5.92 Å². The van der Waals surface area contributed by atoms with Crippen LogP contribution in [0.4, 0.5) is 0 Å². The second-order valence-electron chi connectivity index (χ2n) is 4.61. The summed E-state index contributed by atoms with van der Waals surface area (Å²) in [5.41, 5.74) is 0. The lowest BCUT2D eigenvalue weighted by atomic mass is 9.91. The van der Waals surface area contributed by atoms with Gasteiger partial charge in [0.05, 0.1) is 11.9 Å². The highest BCUT2D eigenvalue weighted by Gasteiger charge is 2.31. The molecule has 1 saturated heterocycles. The molecule has 1 aliphatic rings. The number of sulfone groups is 1. The molecule has 0 bridgehead atoms. The van der Waals surface area contributed by atoms with Crippen LogP contribution in [0.25, 0.3) is 0 Å². The average molecular weight is 249 g/mol. The van der Waals surface area contributed by atoms with Gasteiger partial charge >= 0.3 is 0 Å². The van der Waals surface area contributed by atoms with E-state index in [1.54, 1.807) is 0 Å². The Morgan fingerprint density at radius 2 is 2.19 bits per heavy atom. The summed E-state index contributed by atoms with van der Waals surface area (Å²) in [6.07, 6.45) is 3.25. The van der Waals surface area contributed by atoms with Crippen LogP contribution in [0.2, 0.25) is 0 Å². The molecule has 0 amide bonds. The van der Waals surface area contributed by atoms with Crippen molar-refractivity contribution in [2.75, 3.05) is 25.2 Å². The summed E-state index contributed by atoms with van der Waals surface area (Å²) in [5.74, 6) is 0.704. The first-order chi connectivity index (χ1) is 7.44. The summed E-state index contributed by atoms with van der Waals surface area (Å²) in [7, 11) is -2.87. The van der Waals surface area contributed by atoms with Crippen LogP contribution in [-0.4, -0.2) is 45.7 Å². The van der Waals surface area contributed by atoms with Gasteiger partial charge in [-0.25, -0.2) is 8.42 Å². The number of hydrogen-bond acceptors (Lipinski definition) is 4. The fraction of sp³-hybridized carbons (Fsp3) is 1.00. The van der Waals surface area contributed by atoms with Crippen LogP contribution in [0.15, 0.2) is 0 Å². The van der Waals surface area contributed by atoms with Gasteiger partial charge in [-0.05, 0) is 26.3 Å². The SMILES string of the molecule is CCNC(CCS(C)(=O)=O)C1CCOC1C. The summed E-state index contributed by atoms with van der Waals surface area (Å²) in [6.45, 7) is 5.79. The number of rotatable bonds is 6. The Hall–Kier alpha value is -0.130. The number of ether oxygens (including phenoxy) is 1. The van der Waals surface area contributed by atoms with Crippen molar-refractivity contribution in [3.05, 3.63) is 0 Å². The lowest BCUT2D eigenvalue weighted by Crippen LogP contribution is -2.40. The Labute approximate surface area is 98.7 Å². The van der Waals surface area contributed by atoms with Gasteiger partial charge in [0, 0.05) is 24.8 Å². The van der Waals surface area contributed by atoms with Crippen LogP contribution in [0, 0.1) is 5.92 Å². The summed E-state index contributed by atoms with van der Waals surface area (Å²) in [4.78, 5) is 0. The lowest BCUT2D eigenvalue weighted by Gasteiger charge is -2.26. The molecule has 4 nitrogen and oxygen atoms in total. The van der Waals surface area contributed by atoms with Gasteiger partial charge in [0.1, 0.15) is 9.84 Å². The molecule has 3 unspecified atom stereocenters. The Morgan fingerprint density at radius 3 is 2.62 bits per heavy atom. The maximum Gasteiger partial charge on any atom is 0.147 e. The molecule has 0 radical (unpaired) electrons. The highest BCUT2D eigenvalue weighted by molar-refractivity contribution is 7.90. The summed E-state index contributed by atoms with van der Waals surface area (Å²) < 4.78 is 27.9. The molecule has 16 heavy (non-hydrogen) atoms. The third-order valence-electron chi connectivity index (χ3n) is 3.22. The number of hydrogen-bond donors (Lipinski definition) is 1. The van der Waals surface area contributed by atoms with Gasteiger partial charge in [-0.3, -0.25) is 0 Å². The van der Waals surface area contributed by atoms with Crippen LogP contribution < -0.4 is 5.32 Å². The summed E-state index contributed by atoms with van der Waals surface area (Å²) in [6, 6.07) is 0.261. The van der Waals surface area contributed by atoms with Crippen LogP contribution in [0.3, 0.4) is 0 Å². The van der Waals surface area contributed by atoms with E-state index in [4.69, 9.17) is 4.74 Å². The molecule has 0 aliphatic carbocycles. The topological polar surface area (TPSA) is 55.4 Å². The van der Waals surface area contributed by atoms with E-state index in [1.807, 2.05) is 6.92 Å². The van der Waals surface area contributed by atoms with E-state index in [0.29, 0.717) is 12.3 Å². The van der Waals surface area contributed by atoms with Crippen molar-refractivity contribution in [2.45, 2.75) is 38.8 Å². The van der Waals surface area contributed by atoms with E-state index in [2.05, 4.69) is 12.2 Å². The molecule has 0 saturated carbocycles. The molecular formula is C11H23NO3S. The second kappa shape index (κ2) is 5.98. The van der Waals surface area contributed by atoms with Gasteiger partial charge < -0.3 is 10.1 Å². The number of nitrogens with one attached hydrogen (secondary N) is 1. The first-order valence-electron chi connectivity index (χ1n) is 5.96. The molecule has 0 aromatic carbocycles. The van der Waals surface area contributed by atoms with Crippen LogP contribution in [-0.2, 0) is 14.6 Å². The normalized spacial score (nSPS) is 28.2. The third kappa shape index (κ3) is 4.39. The van der Waals surface area contributed by atoms with Crippen LogP contribution >= 0.6 is 0 Å². The Bertz CT molecular complexity index is 302. The Balaban J connectivity index is 2.53. The second-order valence-corrected chi connectivity index (χ2v) is 6.87. The predicted molar refractivity (Wildman–Crippen MR) is 65.3 cm³/mol. The molecule has 0 aromatic heterocycles. The zero-order chi connectivity index (χ0) is 12.2. The van der Waals surface area contributed by atoms with E-state index < -0.39 is 9.84 Å². The van der Waals surface area contributed by atoms with Gasteiger partial charge in [-0.15, -0.1) is 0 Å². The van der Waals surface area contributed by atoms with E-state index in [9.17, 15) is 8.42 Å². The monoisotopic (exact) mass is 249 g/mol. The molecule has 1 rings (SSSR count). The first kappa shape index (κ1) is 13.9. The third-order valence-corrected chi connectivity index (χ3v) is 4.19. The van der Waals surface area contributed by atoms with E-state index in [1.165, 1.54) is 6.26 Å². The average Bonchev–Trinajstić information content (AvgIpc) is 2.57. The minimum Gasteiger partial charge on any atom is -0.378 e. The van der Waals surface area contributed by atoms with E-state index in [-0.39, 0.29) is 17.9 Å². The zero-order valence-electron chi connectivity index (χ0n) is 10.4. The minimum absolute atomic E-state index is 0.239. The highest BCUT2D eigenvalue weighted by Crippen LogP contribution is 2.25. The Morgan fingerprint density at radius 1 is 1.50 bits per heavy atom. The van der Waals surface area contributed by atoms with E-state index >= 15 is 0 Å². The molecule has 1 fully saturated rings. The van der Waals surface area contributed by atoms with Crippen LogP contribution in [0.1, 0.15) is 26.7 Å². The van der Waals surface area contributed by atoms with Crippen LogP contribution in [0.5, 0.6) is 0 Å². The van der Waals surface area contributed by atoms with Gasteiger partial charge in [-0.1, -0.05) is 6.92 Å². The molecule has 96 valence electrons. The summed E-state index contributed by atoms with van der Waals surface area (Å²) in [5, 5.41) is 3.38. The maximum absolute atomic E-state index is 11.2. The minimum atomic E-state index is -2.87. The van der Waals surface area contributed by atoms with Gasteiger partial charge in [0.15, 0.2) is 0 Å². The molecule has 1 heterocycles. The molecule has 0 spiro atoms. The maximum atomic E-state index is 11.2. The zero-order valence-corrected chi connectivity index (χ0v) is 11.2. The largest absolute Gasteiger partial charge is 0.378 e. The molecule has 3 atom stereocenters. The summed E-state index contributed by atoms with van der Waals surface area (Å²) >= 11 is 0. The van der Waals surface area contributed by atoms with Gasteiger partial charge in [0.2, 0.25) is 0 Å². The lowest BCUT2D eigenvalue weighted by molar-refractivity contribution is 0.0952. The molecule has 1 aliphatic heterocycles. The molecule has 0 aromatic rings. The fourth-order valence-electron chi connectivity index (χ4n) is 2.35. The van der Waals surface area contributed by atoms with Gasteiger partial charge in [-0.2, -0.15) is 0 Å². The van der Waals surface area contributed by atoms with E-state index in [0.717, 1.165) is 19.6 Å². The highest BCUT2D eigenvalue weighted by atomic mass is 32.2. The quantitative estimate of drug-likeness (QED) is 0.757. The first-order valence-corrected chi connectivity index (χ1v) is 8.02. The van der Waals surface area contributed by atoms with Crippen molar-refractivity contribution in [1.82, 2.24) is 5.32 Å². The Kier molecular flexibility index (Phi) is 5.21. The van der Waals surface area contributed by atoms with Crippen molar-refractivity contribution in [1.29, 1.82) is 0 Å². The van der Waals surface area contributed by atoms with Crippen molar-refractivity contribution >= 4 is 9.84 Å². The van der Waals surface area contributed by atoms with Crippen molar-refractivity contribution in [3.8, 4) is 0 Å². The predicted octanol–water partition coefficient (Wildman–Crippen LogP) is 0.824. The van der Waals surface area contributed by atoms with Gasteiger partial charge in [0.25, 0.3) is 0 Å². The molecule has 5 heteroatoms.